The summed E-state index contributed by atoms with van der Waals surface area (Å²) in [4.78, 5) is 43.5. The number of carbonyl (C=O) groups is 3. The van der Waals surface area contributed by atoms with E-state index in [1.807, 2.05) is 0 Å². The molecular formula is C27H21BrF2N3O4S-. The second-order valence-corrected chi connectivity index (χ2v) is 8.92. The monoisotopic (exact) mass is 600 g/mol. The van der Waals surface area contributed by atoms with Gasteiger partial charge < -0.3 is 27.0 Å². The van der Waals surface area contributed by atoms with Gasteiger partial charge in [0.25, 0.3) is 5.91 Å². The third kappa shape index (κ3) is 7.36. The highest BCUT2D eigenvalue weighted by Crippen LogP contribution is 2.32. The Morgan fingerprint density at radius 2 is 1.53 bits per heavy atom. The number of ether oxygens (including phenoxy) is 1. The summed E-state index contributed by atoms with van der Waals surface area (Å²) in [7, 11) is 1.27. The molecule has 1 heterocycles. The number of amides is 2. The Kier molecular flexibility index (Phi) is 9.91. The minimum Gasteiger partial charge on any atom is -1.00 e. The van der Waals surface area contributed by atoms with Crippen LogP contribution in [0.4, 0.5) is 14.5 Å². The Morgan fingerprint density at radius 3 is 2.11 bits per heavy atom. The van der Waals surface area contributed by atoms with Crippen LogP contribution >= 0.6 is 11.8 Å². The number of nitrogens with zero attached hydrogens (tertiary/aromatic N) is 2. The first kappa shape index (κ1) is 28.7. The molecule has 7 nitrogen and oxygen atoms in total. The number of nitrogens with one attached hydrogen (secondary N) is 1. The number of rotatable bonds is 7. The maximum atomic E-state index is 13.3. The van der Waals surface area contributed by atoms with Crippen LogP contribution in [0.15, 0.2) is 88.8 Å². The smallest absolute Gasteiger partial charge is 0.337 e. The number of esters is 1. The molecule has 196 valence electrons. The zero-order chi connectivity index (χ0) is 26.4. The first-order valence-corrected chi connectivity index (χ1v) is 11.9. The van der Waals surface area contributed by atoms with Crippen molar-refractivity contribution in [2.75, 3.05) is 12.4 Å². The van der Waals surface area contributed by atoms with E-state index in [1.54, 1.807) is 36.4 Å². The average Bonchev–Trinajstić information content (AvgIpc) is 3.18. The van der Waals surface area contributed by atoms with Crippen molar-refractivity contribution >= 4 is 40.4 Å². The van der Waals surface area contributed by atoms with Gasteiger partial charge >= 0.3 is 5.97 Å². The Balaban J connectivity index is 0.00000400. The zero-order valence-electron chi connectivity index (χ0n) is 20.0. The molecule has 3 aromatic rings. The third-order valence-corrected chi connectivity index (χ3v) is 6.33. The molecule has 1 aliphatic heterocycles. The van der Waals surface area contributed by atoms with E-state index >= 15 is 0 Å². The van der Waals surface area contributed by atoms with Gasteiger partial charge in [-0.1, -0.05) is 24.3 Å². The number of amidine groups is 1. The number of hydrogen-bond acceptors (Lipinski definition) is 6. The summed E-state index contributed by atoms with van der Waals surface area (Å²) in [6.45, 7) is 0.324. The predicted molar refractivity (Wildman–Crippen MR) is 137 cm³/mol. The van der Waals surface area contributed by atoms with Gasteiger partial charge in [-0.3, -0.25) is 19.5 Å². The molecule has 1 N–H and O–H groups in total. The second-order valence-electron chi connectivity index (χ2n) is 7.91. The standard InChI is InChI=1S/C27H21F2N3O4S.BrH/c1-36-26(35)19-6-12-22(13-7-19)31-24(33)14-23-25(34)32(16-18-4-10-21(29)11-5-18)27(37-23)30-15-17-2-8-20(28)9-3-17;/h2-14H,15-16H2,1H3,(H,31,33);1H/p-1/b23-14-,30-27?;. The van der Waals surface area contributed by atoms with Gasteiger partial charge in [0.15, 0.2) is 5.17 Å². The number of aliphatic imine (C=N–C) groups is 1. The fourth-order valence-corrected chi connectivity index (χ4v) is 4.34. The minimum atomic E-state index is -0.539. The number of hydrogen-bond donors (Lipinski definition) is 1. The summed E-state index contributed by atoms with van der Waals surface area (Å²) in [5.74, 6) is -2.22. The van der Waals surface area contributed by atoms with Gasteiger partial charge in [0.2, 0.25) is 5.91 Å². The number of thioether (sulfide) groups is 1. The van der Waals surface area contributed by atoms with Crippen LogP contribution in [0.25, 0.3) is 0 Å². The van der Waals surface area contributed by atoms with Crippen molar-refractivity contribution < 1.29 is 44.9 Å². The largest absolute Gasteiger partial charge is 1.00 e. The van der Waals surface area contributed by atoms with E-state index in [-0.39, 0.29) is 40.8 Å². The van der Waals surface area contributed by atoms with Crippen LogP contribution < -0.4 is 22.3 Å². The van der Waals surface area contributed by atoms with Crippen LogP contribution in [0.1, 0.15) is 21.5 Å². The molecule has 0 atom stereocenters. The van der Waals surface area contributed by atoms with Gasteiger partial charge in [-0.25, -0.2) is 13.6 Å². The molecule has 0 spiro atoms. The van der Waals surface area contributed by atoms with E-state index in [4.69, 9.17) is 0 Å². The van der Waals surface area contributed by atoms with Crippen molar-refractivity contribution in [2.45, 2.75) is 13.1 Å². The van der Waals surface area contributed by atoms with Gasteiger partial charge in [-0.05, 0) is 71.4 Å². The van der Waals surface area contributed by atoms with Gasteiger partial charge in [-0.15, -0.1) is 0 Å². The molecular weight excluding hydrogens is 580 g/mol. The lowest BCUT2D eigenvalue weighted by Gasteiger charge is -2.15. The normalized spacial score (nSPS) is 14.9. The molecule has 38 heavy (non-hydrogen) atoms. The minimum absolute atomic E-state index is 0. The van der Waals surface area contributed by atoms with Gasteiger partial charge in [0.1, 0.15) is 11.6 Å². The highest BCUT2D eigenvalue weighted by Gasteiger charge is 2.34. The molecule has 0 radical (unpaired) electrons. The molecule has 1 fully saturated rings. The maximum absolute atomic E-state index is 13.3. The molecule has 11 heteroatoms. The lowest BCUT2D eigenvalue weighted by Crippen LogP contribution is -3.00. The molecule has 0 bridgehead atoms. The highest BCUT2D eigenvalue weighted by atomic mass is 79.9. The maximum Gasteiger partial charge on any atom is 0.337 e. The van der Waals surface area contributed by atoms with E-state index in [2.05, 4.69) is 15.0 Å². The fraction of sp³-hybridized carbons (Fsp3) is 0.111. The van der Waals surface area contributed by atoms with Crippen molar-refractivity contribution in [3.8, 4) is 0 Å². The average molecular weight is 601 g/mol. The molecule has 1 saturated heterocycles. The Bertz CT molecular complexity index is 1380. The number of anilines is 1. The van der Waals surface area contributed by atoms with Crippen molar-refractivity contribution in [3.63, 3.8) is 0 Å². The highest BCUT2D eigenvalue weighted by molar-refractivity contribution is 8.18. The molecule has 0 aliphatic carbocycles. The topological polar surface area (TPSA) is 88.1 Å². The predicted octanol–water partition coefficient (Wildman–Crippen LogP) is 1.91. The van der Waals surface area contributed by atoms with E-state index in [9.17, 15) is 23.2 Å². The van der Waals surface area contributed by atoms with Crippen LogP contribution in [-0.4, -0.2) is 35.0 Å². The van der Waals surface area contributed by atoms with Gasteiger partial charge in [-0.2, -0.15) is 0 Å². The Morgan fingerprint density at radius 1 is 0.947 bits per heavy atom. The van der Waals surface area contributed by atoms with Crippen LogP contribution in [0.5, 0.6) is 0 Å². The summed E-state index contributed by atoms with van der Waals surface area (Å²) < 4.78 is 31.2. The van der Waals surface area contributed by atoms with Crippen molar-refractivity contribution in [1.82, 2.24) is 4.90 Å². The fourth-order valence-electron chi connectivity index (χ4n) is 3.39. The molecule has 3 aromatic carbocycles. The molecule has 0 saturated carbocycles. The summed E-state index contributed by atoms with van der Waals surface area (Å²) in [5, 5.41) is 3.01. The lowest BCUT2D eigenvalue weighted by molar-refractivity contribution is -0.123. The van der Waals surface area contributed by atoms with Gasteiger partial charge in [0.05, 0.1) is 30.7 Å². The molecule has 2 amide bonds. The Hall–Kier alpha value is -3.83. The van der Waals surface area contributed by atoms with Crippen molar-refractivity contribution in [2.24, 2.45) is 4.99 Å². The van der Waals surface area contributed by atoms with E-state index < -0.39 is 23.6 Å². The summed E-state index contributed by atoms with van der Waals surface area (Å²) >= 11 is 1.04. The second kappa shape index (κ2) is 13.1. The molecule has 0 unspecified atom stereocenters. The van der Waals surface area contributed by atoms with Crippen LogP contribution in [-0.2, 0) is 27.4 Å². The van der Waals surface area contributed by atoms with Crippen LogP contribution in [0, 0.1) is 11.6 Å². The Labute approximate surface area is 232 Å². The van der Waals surface area contributed by atoms with Crippen LogP contribution in [0.3, 0.4) is 0 Å². The van der Waals surface area contributed by atoms with E-state index in [0.29, 0.717) is 22.0 Å². The number of halogens is 3. The molecule has 0 aromatic heterocycles. The van der Waals surface area contributed by atoms with Crippen molar-refractivity contribution in [3.05, 3.63) is 112 Å². The first-order valence-electron chi connectivity index (χ1n) is 11.1. The quantitative estimate of drug-likeness (QED) is 0.331. The molecule has 1 aliphatic rings. The third-order valence-electron chi connectivity index (χ3n) is 5.29. The zero-order valence-corrected chi connectivity index (χ0v) is 22.4. The van der Waals surface area contributed by atoms with Gasteiger partial charge in [0, 0.05) is 11.8 Å². The number of carbonyl (C=O) groups excluding carboxylic acids is 3. The van der Waals surface area contributed by atoms with E-state index in [0.717, 1.165) is 17.3 Å². The first-order chi connectivity index (χ1) is 17.8. The lowest BCUT2D eigenvalue weighted by atomic mass is 10.2. The summed E-state index contributed by atoms with van der Waals surface area (Å²) in [5.41, 5.74) is 2.19. The van der Waals surface area contributed by atoms with Crippen LogP contribution in [0.2, 0.25) is 0 Å². The SMILES string of the molecule is COC(=O)c1ccc(NC(=O)/C=C2\SC(=NCc3ccc(F)cc3)N(Cc3ccc(F)cc3)C2=O)cc1.[Br-]. The van der Waals surface area contributed by atoms with Crippen molar-refractivity contribution in [1.29, 1.82) is 0 Å². The number of benzene rings is 3. The van der Waals surface area contributed by atoms with E-state index in [1.165, 1.54) is 54.5 Å². The molecule has 4 rings (SSSR count). The summed E-state index contributed by atoms with van der Waals surface area (Å²) in [6.07, 6.45) is 1.18. The number of methoxy groups -OCH3 is 1. The summed E-state index contributed by atoms with van der Waals surface area (Å²) in [6, 6.07) is 17.7.